The van der Waals surface area contributed by atoms with Crippen molar-refractivity contribution in [3.05, 3.63) is 0 Å². The van der Waals surface area contributed by atoms with E-state index in [-0.39, 0.29) is 11.9 Å². The molecule has 0 atom stereocenters. The average molecular weight is 667 g/mol. The van der Waals surface area contributed by atoms with Crippen molar-refractivity contribution in [1.82, 2.24) is 4.90 Å². The minimum Gasteiger partial charge on any atom is -0.466 e. The fraction of sp³-hybridized carbons (Fsp3) is 0.951. The first kappa shape index (κ1) is 45.9. The van der Waals surface area contributed by atoms with E-state index >= 15 is 0 Å². The number of rotatable bonds is 37. The molecule has 0 spiro atoms. The first-order chi connectivity index (χ1) is 23.0. The van der Waals surface area contributed by atoms with Gasteiger partial charge in [0.05, 0.1) is 13.2 Å². The van der Waals surface area contributed by atoms with Crippen molar-refractivity contribution in [2.24, 2.45) is 17.6 Å². The number of carbonyl (C=O) groups is 2. The summed E-state index contributed by atoms with van der Waals surface area (Å²) in [5, 5.41) is 0. The number of ether oxygens (including phenoxy) is 2. The highest BCUT2D eigenvalue weighted by atomic mass is 16.5. The molecular formula is C41H82N2O4. The molecule has 0 aliphatic heterocycles. The van der Waals surface area contributed by atoms with Crippen LogP contribution in [-0.4, -0.2) is 56.2 Å². The van der Waals surface area contributed by atoms with E-state index in [0.717, 1.165) is 77.0 Å². The predicted molar refractivity (Wildman–Crippen MR) is 202 cm³/mol. The third-order valence-electron chi connectivity index (χ3n) is 9.79. The molecule has 0 unspecified atom stereocenters. The fourth-order valence-electron chi connectivity index (χ4n) is 6.79. The van der Waals surface area contributed by atoms with Crippen LogP contribution in [0.1, 0.15) is 201 Å². The zero-order valence-corrected chi connectivity index (χ0v) is 32.1. The van der Waals surface area contributed by atoms with Crippen molar-refractivity contribution in [3.63, 3.8) is 0 Å². The molecule has 6 nitrogen and oxygen atoms in total. The Morgan fingerprint density at radius 3 is 1.30 bits per heavy atom. The van der Waals surface area contributed by atoms with Crippen LogP contribution in [0.15, 0.2) is 0 Å². The molecule has 280 valence electrons. The molecule has 0 aliphatic rings. The van der Waals surface area contributed by atoms with Gasteiger partial charge in [0.2, 0.25) is 0 Å². The number of hydrogen-bond acceptors (Lipinski definition) is 6. The number of unbranched alkanes of at least 4 members (excludes halogenated alkanes) is 12. The first-order valence-corrected chi connectivity index (χ1v) is 20.7. The van der Waals surface area contributed by atoms with Crippen LogP contribution in [0.4, 0.5) is 0 Å². The van der Waals surface area contributed by atoms with Gasteiger partial charge < -0.3 is 20.1 Å². The molecule has 0 bridgehead atoms. The molecular weight excluding hydrogens is 584 g/mol. The summed E-state index contributed by atoms with van der Waals surface area (Å²) in [6, 6.07) is 0. The number of nitrogens with zero attached hydrogens (tertiary/aromatic N) is 1. The molecule has 0 aromatic carbocycles. The molecule has 0 aliphatic carbocycles. The standard InChI is InChI=1S/C41H82N2O4/c1-5-9-17-26-39(27-18-10-6-2)31-37-47-41(45)29-20-14-12-16-22-34-43(35-23-32-42)33-21-15-11-13-19-28-40(44)46-36-30-38(24-7-3)25-8-4/h38-39H,5-37,42H2,1-4H3. The molecule has 0 fully saturated rings. The zero-order valence-electron chi connectivity index (χ0n) is 32.1. The molecule has 6 heteroatoms. The molecule has 0 heterocycles. The third-order valence-corrected chi connectivity index (χ3v) is 9.79. The highest BCUT2D eigenvalue weighted by Gasteiger charge is 2.12. The lowest BCUT2D eigenvalue weighted by atomic mass is 9.92. The van der Waals surface area contributed by atoms with E-state index in [9.17, 15) is 9.59 Å². The molecule has 0 saturated heterocycles. The topological polar surface area (TPSA) is 81.9 Å². The van der Waals surface area contributed by atoms with E-state index in [1.807, 2.05) is 0 Å². The number of esters is 2. The minimum atomic E-state index is -0.0145. The Balaban J connectivity index is 3.91. The molecule has 0 aromatic rings. The van der Waals surface area contributed by atoms with Gasteiger partial charge in [-0.3, -0.25) is 9.59 Å². The lowest BCUT2D eigenvalue weighted by Crippen LogP contribution is -2.28. The Morgan fingerprint density at radius 1 is 0.468 bits per heavy atom. The Morgan fingerprint density at radius 2 is 0.872 bits per heavy atom. The van der Waals surface area contributed by atoms with Crippen molar-refractivity contribution < 1.29 is 19.1 Å². The van der Waals surface area contributed by atoms with Crippen LogP contribution in [0.25, 0.3) is 0 Å². The second-order valence-electron chi connectivity index (χ2n) is 14.3. The van der Waals surface area contributed by atoms with Crippen LogP contribution in [0.2, 0.25) is 0 Å². The molecule has 0 amide bonds. The van der Waals surface area contributed by atoms with Gasteiger partial charge in [-0.05, 0) is 83.0 Å². The molecule has 0 saturated carbocycles. The summed E-state index contributed by atoms with van der Waals surface area (Å²) in [4.78, 5) is 27.0. The highest BCUT2D eigenvalue weighted by molar-refractivity contribution is 5.69. The predicted octanol–water partition coefficient (Wildman–Crippen LogP) is 11.2. The molecule has 0 rings (SSSR count). The van der Waals surface area contributed by atoms with Crippen molar-refractivity contribution >= 4 is 11.9 Å². The second kappa shape index (κ2) is 36.1. The quantitative estimate of drug-likeness (QED) is 0.0525. The monoisotopic (exact) mass is 667 g/mol. The third kappa shape index (κ3) is 31.9. The summed E-state index contributed by atoms with van der Waals surface area (Å²) < 4.78 is 11.1. The Labute approximate surface area is 293 Å². The lowest BCUT2D eigenvalue weighted by molar-refractivity contribution is -0.145. The summed E-state index contributed by atoms with van der Waals surface area (Å²) in [5.74, 6) is 1.41. The van der Waals surface area contributed by atoms with E-state index in [1.165, 1.54) is 116 Å². The second-order valence-corrected chi connectivity index (χ2v) is 14.3. The number of nitrogens with two attached hydrogens (primary N) is 1. The first-order valence-electron chi connectivity index (χ1n) is 20.7. The van der Waals surface area contributed by atoms with Crippen molar-refractivity contribution in [2.45, 2.75) is 201 Å². The van der Waals surface area contributed by atoms with Crippen molar-refractivity contribution in [3.8, 4) is 0 Å². The number of carbonyl (C=O) groups excluding carboxylic acids is 2. The highest BCUT2D eigenvalue weighted by Crippen LogP contribution is 2.21. The maximum absolute atomic E-state index is 12.3. The minimum absolute atomic E-state index is 0.00272. The normalized spacial score (nSPS) is 11.7. The van der Waals surface area contributed by atoms with E-state index in [2.05, 4.69) is 32.6 Å². The van der Waals surface area contributed by atoms with Gasteiger partial charge in [0.15, 0.2) is 0 Å². The van der Waals surface area contributed by atoms with Gasteiger partial charge in [-0.15, -0.1) is 0 Å². The van der Waals surface area contributed by atoms with Crippen LogP contribution in [0, 0.1) is 11.8 Å². The summed E-state index contributed by atoms with van der Waals surface area (Å²) >= 11 is 0. The summed E-state index contributed by atoms with van der Waals surface area (Å²) in [7, 11) is 0. The van der Waals surface area contributed by atoms with Gasteiger partial charge in [0, 0.05) is 12.8 Å². The molecule has 47 heavy (non-hydrogen) atoms. The van der Waals surface area contributed by atoms with Gasteiger partial charge in [0.1, 0.15) is 0 Å². The van der Waals surface area contributed by atoms with Crippen LogP contribution < -0.4 is 5.73 Å². The van der Waals surface area contributed by atoms with E-state index in [4.69, 9.17) is 15.2 Å². The maximum Gasteiger partial charge on any atom is 0.305 e. The Hall–Kier alpha value is -1.14. The lowest BCUT2D eigenvalue weighted by Gasteiger charge is -2.22. The molecule has 0 radical (unpaired) electrons. The maximum atomic E-state index is 12.3. The zero-order chi connectivity index (χ0) is 34.6. The van der Waals surface area contributed by atoms with Gasteiger partial charge in [0.25, 0.3) is 0 Å². The summed E-state index contributed by atoms with van der Waals surface area (Å²) in [6.07, 6.45) is 30.9. The van der Waals surface area contributed by atoms with Crippen LogP contribution in [-0.2, 0) is 19.1 Å². The average Bonchev–Trinajstić information content (AvgIpc) is 3.06. The van der Waals surface area contributed by atoms with E-state index in [1.54, 1.807) is 0 Å². The Kier molecular flexibility index (Phi) is 35.3. The van der Waals surface area contributed by atoms with Crippen molar-refractivity contribution in [2.75, 3.05) is 39.4 Å². The SMILES string of the molecule is CCCCCC(CCCCC)CCOC(=O)CCCCCCCN(CCCN)CCCCCCCC(=O)OCCC(CCC)CCC. The van der Waals surface area contributed by atoms with Gasteiger partial charge in [-0.1, -0.05) is 143 Å². The smallest absolute Gasteiger partial charge is 0.305 e. The van der Waals surface area contributed by atoms with Crippen LogP contribution in [0.5, 0.6) is 0 Å². The fourth-order valence-corrected chi connectivity index (χ4v) is 6.79. The van der Waals surface area contributed by atoms with Crippen LogP contribution in [0.3, 0.4) is 0 Å². The molecule has 2 N–H and O–H groups in total. The van der Waals surface area contributed by atoms with Gasteiger partial charge in [-0.2, -0.15) is 0 Å². The van der Waals surface area contributed by atoms with Gasteiger partial charge in [-0.25, -0.2) is 0 Å². The van der Waals surface area contributed by atoms with Crippen molar-refractivity contribution in [1.29, 1.82) is 0 Å². The van der Waals surface area contributed by atoms with Gasteiger partial charge >= 0.3 is 11.9 Å². The largest absolute Gasteiger partial charge is 0.466 e. The Bertz CT molecular complexity index is 658. The summed E-state index contributed by atoms with van der Waals surface area (Å²) in [5.41, 5.74) is 5.81. The van der Waals surface area contributed by atoms with E-state index in [0.29, 0.717) is 32.0 Å². The molecule has 0 aromatic heterocycles. The summed E-state index contributed by atoms with van der Waals surface area (Å²) in [6.45, 7) is 14.3. The van der Waals surface area contributed by atoms with E-state index < -0.39 is 0 Å². The number of hydrogen-bond donors (Lipinski definition) is 1. The van der Waals surface area contributed by atoms with Crippen LogP contribution >= 0.6 is 0 Å².